The van der Waals surface area contributed by atoms with Crippen molar-refractivity contribution < 1.29 is 4.57 Å². The van der Waals surface area contributed by atoms with Crippen LogP contribution in [0.15, 0.2) is 176 Å². The Labute approximate surface area is 308 Å². The van der Waals surface area contributed by atoms with Gasteiger partial charge in [-0.1, -0.05) is 129 Å². The van der Waals surface area contributed by atoms with Gasteiger partial charge < -0.3 is 14.0 Å². The average Bonchev–Trinajstić information content (AvgIpc) is 3.55. The Morgan fingerprint density at radius 1 is 0.491 bits per heavy atom. The number of nitrogens with zero attached hydrogens (tertiary/aromatic N) is 2. The maximum absolute atomic E-state index is 16.2. The van der Waals surface area contributed by atoms with Crippen molar-refractivity contribution in [2.45, 2.75) is 19.3 Å². The van der Waals surface area contributed by atoms with E-state index in [1.807, 2.05) is 30.3 Å². The van der Waals surface area contributed by atoms with Crippen molar-refractivity contribution in [3.63, 3.8) is 0 Å². The van der Waals surface area contributed by atoms with E-state index in [2.05, 4.69) is 169 Å². The summed E-state index contributed by atoms with van der Waals surface area (Å²) in [6, 6.07) is 62.5. The van der Waals surface area contributed by atoms with Gasteiger partial charge in [-0.15, -0.1) is 0 Å². The van der Waals surface area contributed by atoms with Crippen molar-refractivity contribution in [1.29, 1.82) is 0 Å². The van der Waals surface area contributed by atoms with Gasteiger partial charge in [0.15, 0.2) is 7.14 Å². The first-order valence-corrected chi connectivity index (χ1v) is 20.0. The highest BCUT2D eigenvalue weighted by atomic mass is 31.2. The third-order valence-electron chi connectivity index (χ3n) is 11.8. The second-order valence-electron chi connectivity index (χ2n) is 14.9. The van der Waals surface area contributed by atoms with Crippen LogP contribution in [0.25, 0.3) is 49.4 Å². The van der Waals surface area contributed by atoms with E-state index < -0.39 is 12.6 Å². The summed E-state index contributed by atoms with van der Waals surface area (Å²) < 4.78 is 18.5. The fraction of sp³-hybridized carbons (Fsp3) is 0.0612. The standard InChI is InChI=1S/C49H35N2OP/c1-49(2)40-30-33(50-42-22-9-6-18-36(42)37-19-7-10-23-43(37)50)26-28-46(40)53(52,35-16-4-3-5-17-35)47-29-27-34(31-41(47)49)51-44-24-11-8-20-38(44)39-21-12-14-32-15-13-25-45(51)48(32)39/h3-31H,1-2H3. The lowest BCUT2D eigenvalue weighted by Crippen LogP contribution is -2.42. The summed E-state index contributed by atoms with van der Waals surface area (Å²) in [6.07, 6.45) is 0. The smallest absolute Gasteiger partial charge is 0.171 e. The summed E-state index contributed by atoms with van der Waals surface area (Å²) in [5.41, 5.74) is 11.0. The fourth-order valence-corrected chi connectivity index (χ4v) is 12.6. The zero-order valence-electron chi connectivity index (χ0n) is 29.5. The van der Waals surface area contributed by atoms with Gasteiger partial charge >= 0.3 is 0 Å². The molecule has 3 nitrogen and oxygen atoms in total. The van der Waals surface area contributed by atoms with Gasteiger partial charge in [-0.3, -0.25) is 0 Å². The number of aromatic nitrogens is 1. The molecule has 0 saturated carbocycles. The van der Waals surface area contributed by atoms with E-state index in [4.69, 9.17) is 0 Å². The minimum absolute atomic E-state index is 0.461. The van der Waals surface area contributed by atoms with E-state index in [0.29, 0.717) is 0 Å². The summed E-state index contributed by atoms with van der Waals surface area (Å²) in [4.78, 5) is 2.40. The van der Waals surface area contributed by atoms with Gasteiger partial charge in [-0.05, 0) is 82.7 Å². The Kier molecular flexibility index (Phi) is 6.29. The molecule has 1 aromatic heterocycles. The van der Waals surface area contributed by atoms with E-state index in [1.165, 1.54) is 32.7 Å². The predicted octanol–water partition coefficient (Wildman–Crippen LogP) is 11.7. The molecule has 0 radical (unpaired) electrons. The van der Waals surface area contributed by atoms with E-state index >= 15 is 4.57 Å². The molecule has 8 aromatic carbocycles. The number of para-hydroxylation sites is 3. The van der Waals surface area contributed by atoms with Crippen LogP contribution < -0.4 is 20.8 Å². The van der Waals surface area contributed by atoms with Gasteiger partial charge in [0.2, 0.25) is 0 Å². The van der Waals surface area contributed by atoms with Gasteiger partial charge in [0.25, 0.3) is 0 Å². The number of fused-ring (bicyclic) bond motifs is 7. The summed E-state index contributed by atoms with van der Waals surface area (Å²) in [5.74, 6) is 0. The highest BCUT2D eigenvalue weighted by molar-refractivity contribution is 7.85. The summed E-state index contributed by atoms with van der Waals surface area (Å²) in [5, 5.41) is 7.61. The Hall–Kier alpha value is -6.15. The Morgan fingerprint density at radius 2 is 1.04 bits per heavy atom. The molecule has 0 saturated heterocycles. The molecule has 0 spiro atoms. The zero-order valence-corrected chi connectivity index (χ0v) is 30.4. The van der Waals surface area contributed by atoms with Crippen LogP contribution in [-0.2, 0) is 9.98 Å². The number of benzene rings is 8. The van der Waals surface area contributed by atoms with E-state index in [1.54, 1.807) is 0 Å². The van der Waals surface area contributed by atoms with Crippen LogP contribution in [-0.4, -0.2) is 4.57 Å². The predicted molar refractivity (Wildman–Crippen MR) is 223 cm³/mol. The molecule has 11 rings (SSSR count). The molecule has 4 heteroatoms. The normalized spacial score (nSPS) is 16.8. The Morgan fingerprint density at radius 3 is 1.75 bits per heavy atom. The van der Waals surface area contributed by atoms with E-state index in [0.717, 1.165) is 60.8 Å². The molecule has 0 bridgehead atoms. The van der Waals surface area contributed by atoms with E-state index in [-0.39, 0.29) is 0 Å². The second kappa shape index (κ2) is 10.9. The molecular formula is C49H35N2OP. The van der Waals surface area contributed by atoms with Gasteiger partial charge in [0.05, 0.1) is 22.4 Å². The van der Waals surface area contributed by atoms with Gasteiger partial charge in [0, 0.05) is 54.4 Å². The summed E-state index contributed by atoms with van der Waals surface area (Å²) in [7, 11) is -3.27. The summed E-state index contributed by atoms with van der Waals surface area (Å²) >= 11 is 0. The van der Waals surface area contributed by atoms with Gasteiger partial charge in [-0.2, -0.15) is 0 Å². The molecule has 252 valence electrons. The van der Waals surface area contributed by atoms with Crippen molar-refractivity contribution >= 4 is 72.7 Å². The quantitative estimate of drug-likeness (QED) is 0.172. The largest absolute Gasteiger partial charge is 0.309 e. The minimum atomic E-state index is -3.27. The molecule has 0 fully saturated rings. The van der Waals surface area contributed by atoms with Crippen LogP contribution in [0, 0.1) is 0 Å². The third kappa shape index (κ3) is 4.09. The molecule has 9 aromatic rings. The molecule has 53 heavy (non-hydrogen) atoms. The Balaban J connectivity index is 1.18. The molecule has 0 aliphatic carbocycles. The monoisotopic (exact) mass is 698 g/mol. The maximum Gasteiger partial charge on any atom is 0.171 e. The van der Waals surface area contributed by atoms with Crippen molar-refractivity contribution in [2.24, 2.45) is 0 Å². The topological polar surface area (TPSA) is 25.2 Å². The highest BCUT2D eigenvalue weighted by Crippen LogP contribution is 2.56. The maximum atomic E-state index is 16.2. The van der Waals surface area contributed by atoms with Crippen LogP contribution in [0.1, 0.15) is 25.0 Å². The number of anilines is 3. The molecule has 1 atom stereocenters. The second-order valence-corrected chi connectivity index (χ2v) is 17.6. The average molecular weight is 699 g/mol. The first kappa shape index (κ1) is 30.5. The van der Waals surface area contributed by atoms with Crippen LogP contribution in [0.2, 0.25) is 0 Å². The summed E-state index contributed by atoms with van der Waals surface area (Å²) in [6.45, 7) is 4.61. The minimum Gasteiger partial charge on any atom is -0.309 e. The van der Waals surface area contributed by atoms with Crippen LogP contribution >= 0.6 is 7.14 Å². The number of hydrogen-bond donors (Lipinski definition) is 0. The molecule has 2 aliphatic heterocycles. The van der Waals surface area contributed by atoms with Gasteiger partial charge in [0.1, 0.15) is 0 Å². The molecular weight excluding hydrogens is 664 g/mol. The zero-order chi connectivity index (χ0) is 35.5. The van der Waals surface area contributed by atoms with E-state index in [9.17, 15) is 0 Å². The van der Waals surface area contributed by atoms with Crippen molar-refractivity contribution in [3.05, 3.63) is 187 Å². The van der Waals surface area contributed by atoms with Crippen molar-refractivity contribution in [2.75, 3.05) is 4.90 Å². The van der Waals surface area contributed by atoms with Crippen molar-refractivity contribution in [3.8, 4) is 16.8 Å². The third-order valence-corrected chi connectivity index (χ3v) is 14.9. The highest BCUT2D eigenvalue weighted by Gasteiger charge is 2.45. The lowest BCUT2D eigenvalue weighted by atomic mass is 9.77. The fourth-order valence-electron chi connectivity index (χ4n) is 9.30. The molecule has 3 heterocycles. The number of rotatable bonds is 3. The first-order valence-electron chi connectivity index (χ1n) is 18.3. The lowest BCUT2D eigenvalue weighted by Gasteiger charge is -2.41. The van der Waals surface area contributed by atoms with Gasteiger partial charge in [-0.25, -0.2) is 0 Å². The molecule has 0 amide bonds. The molecule has 2 aliphatic rings. The van der Waals surface area contributed by atoms with Crippen LogP contribution in [0.5, 0.6) is 0 Å². The van der Waals surface area contributed by atoms with Crippen molar-refractivity contribution in [1.82, 2.24) is 4.57 Å². The van der Waals surface area contributed by atoms with Crippen LogP contribution in [0.4, 0.5) is 17.1 Å². The Bertz CT molecular complexity index is 2970. The first-order chi connectivity index (χ1) is 25.9. The molecule has 1 unspecified atom stereocenters. The SMILES string of the molecule is CC1(C)c2cc(N3c4ccccc4-c4cccc5cccc3c45)ccc2P(=O)(c2ccccc2)c2ccc(-n3c4ccccc4c4ccccc43)cc21. The van der Waals surface area contributed by atoms with Crippen LogP contribution in [0.3, 0.4) is 0 Å². The lowest BCUT2D eigenvalue weighted by molar-refractivity contribution is 0.586. The number of hydrogen-bond acceptors (Lipinski definition) is 2. The molecule has 0 N–H and O–H groups in total.